The summed E-state index contributed by atoms with van der Waals surface area (Å²) in [4.78, 5) is 18.0. The topological polar surface area (TPSA) is 62.7 Å². The third-order valence-electron chi connectivity index (χ3n) is 6.85. The van der Waals surface area contributed by atoms with Crippen LogP contribution in [0.25, 0.3) is 11.3 Å². The fourth-order valence-electron chi connectivity index (χ4n) is 4.56. The highest BCUT2D eigenvalue weighted by Gasteiger charge is 2.15. The van der Waals surface area contributed by atoms with Gasteiger partial charge in [-0.05, 0) is 29.5 Å². The molecular formula is C34H30F2N2O3S. The molecule has 8 heteroatoms. The second-order valence-corrected chi connectivity index (χ2v) is 10.7. The first-order valence-corrected chi connectivity index (χ1v) is 14.5. The maximum atomic E-state index is 14.3. The molecule has 214 valence electrons. The number of thiazole rings is 1. The van der Waals surface area contributed by atoms with E-state index in [1.54, 1.807) is 11.3 Å². The van der Waals surface area contributed by atoms with E-state index in [9.17, 15) is 13.6 Å². The van der Waals surface area contributed by atoms with Crippen LogP contribution in [0.1, 0.15) is 28.7 Å². The molecule has 1 heterocycles. The molecule has 1 aromatic heterocycles. The van der Waals surface area contributed by atoms with E-state index >= 15 is 0 Å². The number of carboxylic acids is 1. The van der Waals surface area contributed by atoms with Crippen LogP contribution >= 0.6 is 11.3 Å². The van der Waals surface area contributed by atoms with Crippen molar-refractivity contribution in [1.82, 2.24) is 4.98 Å². The van der Waals surface area contributed by atoms with Crippen LogP contribution in [0, 0.1) is 11.6 Å². The van der Waals surface area contributed by atoms with E-state index in [1.807, 2.05) is 60.7 Å². The molecule has 0 aliphatic rings. The number of benzene rings is 4. The molecule has 0 unspecified atom stereocenters. The SMILES string of the molecule is O=C(O)CCc1c(F)cc(OCc2ccc(CN(CCc3ccccc3)c3nc(-c4ccccc4)cs3)cc2)cc1F. The maximum Gasteiger partial charge on any atom is 0.303 e. The van der Waals surface area contributed by atoms with Crippen molar-refractivity contribution in [2.45, 2.75) is 32.4 Å². The zero-order valence-electron chi connectivity index (χ0n) is 22.9. The molecule has 0 saturated heterocycles. The highest BCUT2D eigenvalue weighted by atomic mass is 32.1. The summed E-state index contributed by atoms with van der Waals surface area (Å²) in [5, 5.41) is 11.8. The first-order valence-electron chi connectivity index (χ1n) is 13.6. The van der Waals surface area contributed by atoms with Gasteiger partial charge in [0.2, 0.25) is 0 Å². The van der Waals surface area contributed by atoms with Crippen LogP contribution in [-0.4, -0.2) is 22.6 Å². The number of hydrogen-bond acceptors (Lipinski definition) is 5. The van der Waals surface area contributed by atoms with E-state index in [4.69, 9.17) is 14.8 Å². The quantitative estimate of drug-likeness (QED) is 0.152. The predicted molar refractivity (Wildman–Crippen MR) is 162 cm³/mol. The van der Waals surface area contributed by atoms with Crippen LogP contribution in [0.3, 0.4) is 0 Å². The molecule has 5 aromatic rings. The predicted octanol–water partition coefficient (Wildman–Crippen LogP) is 7.93. The second kappa shape index (κ2) is 13.9. The van der Waals surface area contributed by atoms with Gasteiger partial charge in [0.1, 0.15) is 24.0 Å². The van der Waals surface area contributed by atoms with Crippen molar-refractivity contribution in [3.8, 4) is 17.0 Å². The number of carbonyl (C=O) groups is 1. The summed E-state index contributed by atoms with van der Waals surface area (Å²) in [6, 6.07) is 30.6. The van der Waals surface area contributed by atoms with Gasteiger partial charge in [0.25, 0.3) is 0 Å². The lowest BCUT2D eigenvalue weighted by Gasteiger charge is -2.22. The largest absolute Gasteiger partial charge is 0.489 e. The van der Waals surface area contributed by atoms with Gasteiger partial charge in [0.05, 0.1) is 5.69 Å². The summed E-state index contributed by atoms with van der Waals surface area (Å²) in [7, 11) is 0. The van der Waals surface area contributed by atoms with E-state index in [-0.39, 0.29) is 30.8 Å². The maximum absolute atomic E-state index is 14.3. The van der Waals surface area contributed by atoms with Crippen LogP contribution in [0.4, 0.5) is 13.9 Å². The molecule has 0 fully saturated rings. The molecule has 42 heavy (non-hydrogen) atoms. The first kappa shape index (κ1) is 29.0. The van der Waals surface area contributed by atoms with Crippen LogP contribution in [0.2, 0.25) is 0 Å². The molecule has 5 nitrogen and oxygen atoms in total. The van der Waals surface area contributed by atoms with Gasteiger partial charge in [-0.1, -0.05) is 84.9 Å². The summed E-state index contributed by atoms with van der Waals surface area (Å²) in [5.41, 5.74) is 5.01. The molecule has 0 atom stereocenters. The Labute approximate surface area is 247 Å². The Balaban J connectivity index is 1.25. The zero-order chi connectivity index (χ0) is 29.3. The van der Waals surface area contributed by atoms with Gasteiger partial charge >= 0.3 is 5.97 Å². The van der Waals surface area contributed by atoms with Gasteiger partial charge in [-0.2, -0.15) is 0 Å². The number of ether oxygens (including phenoxy) is 1. The van der Waals surface area contributed by atoms with Gasteiger partial charge in [0.15, 0.2) is 5.13 Å². The Kier molecular flexibility index (Phi) is 9.56. The molecule has 1 N–H and O–H groups in total. The third-order valence-corrected chi connectivity index (χ3v) is 7.75. The minimum Gasteiger partial charge on any atom is -0.489 e. The fourth-order valence-corrected chi connectivity index (χ4v) is 5.43. The van der Waals surface area contributed by atoms with Gasteiger partial charge in [-0.3, -0.25) is 4.79 Å². The van der Waals surface area contributed by atoms with Crippen molar-refractivity contribution >= 4 is 22.4 Å². The Morgan fingerprint density at radius 2 is 1.48 bits per heavy atom. The average Bonchev–Trinajstić information content (AvgIpc) is 3.50. The number of rotatable bonds is 13. The number of carboxylic acid groups (broad SMARTS) is 1. The van der Waals surface area contributed by atoms with Crippen LogP contribution in [-0.2, 0) is 30.8 Å². The van der Waals surface area contributed by atoms with Gasteiger partial charge in [0, 0.05) is 48.2 Å². The van der Waals surface area contributed by atoms with Crippen LogP contribution in [0.15, 0.2) is 102 Å². The zero-order valence-corrected chi connectivity index (χ0v) is 23.7. The normalized spacial score (nSPS) is 10.9. The Hall–Kier alpha value is -4.56. The minimum absolute atomic E-state index is 0.0539. The van der Waals surface area contributed by atoms with Gasteiger partial charge < -0.3 is 14.7 Å². The number of aliphatic carboxylic acids is 1. The average molecular weight is 585 g/mol. The summed E-state index contributed by atoms with van der Waals surface area (Å²) in [5.74, 6) is -2.68. The fraction of sp³-hybridized carbons (Fsp3) is 0.176. The number of nitrogens with zero attached hydrogens (tertiary/aromatic N) is 2. The molecule has 0 aliphatic heterocycles. The Morgan fingerprint density at radius 1 is 0.833 bits per heavy atom. The van der Waals surface area contributed by atoms with Crippen molar-refractivity contribution in [3.05, 3.63) is 136 Å². The minimum atomic E-state index is -1.11. The lowest BCUT2D eigenvalue weighted by atomic mass is 10.1. The molecule has 0 saturated carbocycles. The first-order chi connectivity index (χ1) is 20.4. The Bertz CT molecular complexity index is 1590. The standard InChI is InChI=1S/C34H30F2N2O3S/c35-30-19-28(20-31(36)29(30)15-16-33(39)40)41-22-26-13-11-25(12-14-26)21-38(18-17-24-7-3-1-4-8-24)34-37-32(23-42-34)27-9-5-2-6-10-27/h1-14,19-20,23H,15-18,21-22H2,(H,39,40). The Morgan fingerprint density at radius 3 is 2.14 bits per heavy atom. The summed E-state index contributed by atoms with van der Waals surface area (Å²) < 4.78 is 34.3. The van der Waals surface area contributed by atoms with Crippen molar-refractivity contribution in [2.24, 2.45) is 0 Å². The smallest absolute Gasteiger partial charge is 0.303 e. The number of hydrogen-bond donors (Lipinski definition) is 1. The van der Waals surface area contributed by atoms with Crippen LogP contribution in [0.5, 0.6) is 5.75 Å². The highest BCUT2D eigenvalue weighted by Crippen LogP contribution is 2.29. The molecule has 5 rings (SSSR count). The van der Waals surface area contributed by atoms with Crippen molar-refractivity contribution < 1.29 is 23.4 Å². The summed E-state index contributed by atoms with van der Waals surface area (Å²) in [6.45, 7) is 1.61. The molecule has 0 radical (unpaired) electrons. The highest BCUT2D eigenvalue weighted by molar-refractivity contribution is 7.14. The van der Waals surface area contributed by atoms with E-state index in [0.717, 1.165) is 52.6 Å². The second-order valence-electron chi connectivity index (χ2n) is 9.90. The molecule has 0 aliphatic carbocycles. The lowest BCUT2D eigenvalue weighted by molar-refractivity contribution is -0.136. The van der Waals surface area contributed by atoms with Crippen molar-refractivity contribution in [2.75, 3.05) is 11.4 Å². The third kappa shape index (κ3) is 7.79. The number of anilines is 1. The van der Waals surface area contributed by atoms with E-state index in [0.29, 0.717) is 6.54 Å². The molecule has 4 aromatic carbocycles. The van der Waals surface area contributed by atoms with Gasteiger partial charge in [-0.25, -0.2) is 13.8 Å². The molecule has 0 spiro atoms. The monoisotopic (exact) mass is 584 g/mol. The van der Waals surface area contributed by atoms with E-state index in [1.165, 1.54) is 5.56 Å². The van der Waals surface area contributed by atoms with Gasteiger partial charge in [-0.15, -0.1) is 11.3 Å². The summed E-state index contributed by atoms with van der Waals surface area (Å²) >= 11 is 1.63. The number of halogens is 2. The van der Waals surface area contributed by atoms with E-state index in [2.05, 4.69) is 34.5 Å². The molecule has 0 bridgehead atoms. The van der Waals surface area contributed by atoms with Crippen molar-refractivity contribution in [1.29, 1.82) is 0 Å². The van der Waals surface area contributed by atoms with Crippen molar-refractivity contribution in [3.63, 3.8) is 0 Å². The summed E-state index contributed by atoms with van der Waals surface area (Å²) in [6.07, 6.45) is 0.321. The van der Waals surface area contributed by atoms with Crippen LogP contribution < -0.4 is 9.64 Å². The molecular weight excluding hydrogens is 554 g/mol. The number of aromatic nitrogens is 1. The van der Waals surface area contributed by atoms with E-state index < -0.39 is 17.6 Å². The molecule has 0 amide bonds. The lowest BCUT2D eigenvalue weighted by Crippen LogP contribution is -2.25.